The molecule has 8 heteroatoms. The monoisotopic (exact) mass is 594 g/mol. The Balaban J connectivity index is 0.000000230. The van der Waals surface area contributed by atoms with Gasteiger partial charge >= 0.3 is 0 Å². The van der Waals surface area contributed by atoms with Crippen LogP contribution in [0.4, 0.5) is 17.6 Å². The van der Waals surface area contributed by atoms with Gasteiger partial charge in [0, 0.05) is 38.0 Å². The molecule has 0 saturated carbocycles. The molecule has 0 unspecified atom stereocenters. The standard InChI is InChI=1S/2C17H25F2NO/c2*1-17(2,3)14-4-6-15(7-5-14)21-11-10-20-9-8-13(12-20)16(18)19/h2*4-7,13,16H,8-12H2,1-3H3/t2*13-/m10/s1. The van der Waals surface area contributed by atoms with Crippen LogP contribution in [0.3, 0.4) is 0 Å². The minimum absolute atomic E-state index is 0.137. The molecule has 2 fully saturated rings. The minimum Gasteiger partial charge on any atom is -0.492 e. The molecule has 236 valence electrons. The molecule has 2 aliphatic rings. The van der Waals surface area contributed by atoms with E-state index in [1.165, 1.54) is 11.1 Å². The molecule has 2 heterocycles. The first kappa shape index (κ1) is 34.2. The molecule has 0 radical (unpaired) electrons. The van der Waals surface area contributed by atoms with Crippen molar-refractivity contribution in [2.45, 2.75) is 78.1 Å². The van der Waals surface area contributed by atoms with Crippen LogP contribution < -0.4 is 9.47 Å². The highest BCUT2D eigenvalue weighted by molar-refractivity contribution is 5.32. The van der Waals surface area contributed by atoms with E-state index in [1.54, 1.807) is 0 Å². The van der Waals surface area contributed by atoms with Gasteiger partial charge in [0.05, 0.1) is 0 Å². The topological polar surface area (TPSA) is 24.9 Å². The van der Waals surface area contributed by atoms with Gasteiger partial charge < -0.3 is 9.47 Å². The highest BCUT2D eigenvalue weighted by atomic mass is 19.3. The van der Waals surface area contributed by atoms with Crippen LogP contribution in [-0.4, -0.2) is 75.1 Å². The maximum atomic E-state index is 12.6. The van der Waals surface area contributed by atoms with Crippen molar-refractivity contribution in [1.29, 1.82) is 0 Å². The molecule has 4 nitrogen and oxygen atoms in total. The molecule has 2 saturated heterocycles. The van der Waals surface area contributed by atoms with E-state index in [9.17, 15) is 17.6 Å². The number of hydrogen-bond donors (Lipinski definition) is 0. The first-order valence-electron chi connectivity index (χ1n) is 15.2. The second kappa shape index (κ2) is 15.4. The van der Waals surface area contributed by atoms with Gasteiger partial charge in [-0.25, -0.2) is 17.6 Å². The van der Waals surface area contributed by atoms with Crippen molar-refractivity contribution in [1.82, 2.24) is 9.80 Å². The minimum atomic E-state index is -2.19. The summed E-state index contributed by atoms with van der Waals surface area (Å²) in [6.45, 7) is 18.1. The second-order valence-corrected chi connectivity index (χ2v) is 13.6. The summed E-state index contributed by atoms with van der Waals surface area (Å²) < 4.78 is 61.7. The fourth-order valence-corrected chi connectivity index (χ4v) is 5.23. The van der Waals surface area contributed by atoms with Gasteiger partial charge in [-0.15, -0.1) is 0 Å². The average Bonchev–Trinajstić information content (AvgIpc) is 3.59. The Kier molecular flexibility index (Phi) is 12.5. The molecular formula is C34H50F4N2O2. The van der Waals surface area contributed by atoms with Crippen LogP contribution in [0.25, 0.3) is 0 Å². The predicted molar refractivity (Wildman–Crippen MR) is 162 cm³/mol. The van der Waals surface area contributed by atoms with E-state index in [-0.39, 0.29) is 10.8 Å². The zero-order valence-corrected chi connectivity index (χ0v) is 26.2. The molecule has 2 aromatic carbocycles. The third kappa shape index (κ3) is 11.1. The molecule has 0 bridgehead atoms. The number of nitrogens with zero attached hydrogens (tertiary/aromatic N) is 2. The SMILES string of the molecule is CC(C)(C)c1ccc(OCCN2CC[C@@H](C(F)F)C2)cc1.CC(C)(C)c1ccc(OCCN2CC[C@H](C(F)F)C2)cc1. The Morgan fingerprint density at radius 2 is 0.952 bits per heavy atom. The van der Waals surface area contributed by atoms with Gasteiger partial charge in [-0.05, 0) is 72.2 Å². The quantitative estimate of drug-likeness (QED) is 0.261. The van der Waals surface area contributed by atoms with Crippen LogP contribution in [-0.2, 0) is 10.8 Å². The van der Waals surface area contributed by atoms with Gasteiger partial charge in [-0.1, -0.05) is 65.8 Å². The molecular weight excluding hydrogens is 544 g/mol. The molecule has 42 heavy (non-hydrogen) atoms. The van der Waals surface area contributed by atoms with Crippen molar-refractivity contribution in [3.63, 3.8) is 0 Å². The lowest BCUT2D eigenvalue weighted by molar-refractivity contribution is 0.0793. The second-order valence-electron chi connectivity index (χ2n) is 13.6. The normalized spacial score (nSPS) is 20.2. The number of rotatable bonds is 10. The number of likely N-dealkylation sites (tertiary alicyclic amines) is 2. The summed E-state index contributed by atoms with van der Waals surface area (Å²) in [5.74, 6) is 0.757. The largest absolute Gasteiger partial charge is 0.492 e. The molecule has 0 amide bonds. The van der Waals surface area contributed by atoms with E-state index >= 15 is 0 Å². The Morgan fingerprint density at radius 1 is 0.619 bits per heavy atom. The van der Waals surface area contributed by atoms with E-state index in [2.05, 4.69) is 75.6 Å². The first-order valence-corrected chi connectivity index (χ1v) is 15.2. The Labute approximate surface area is 250 Å². The predicted octanol–water partition coefficient (Wildman–Crippen LogP) is 7.90. The summed E-state index contributed by atoms with van der Waals surface area (Å²) in [5.41, 5.74) is 2.82. The summed E-state index contributed by atoms with van der Waals surface area (Å²) in [6, 6.07) is 16.2. The van der Waals surface area contributed by atoms with Crippen molar-refractivity contribution >= 4 is 0 Å². The third-order valence-electron chi connectivity index (χ3n) is 8.12. The maximum absolute atomic E-state index is 12.6. The molecule has 2 aromatic rings. The third-order valence-corrected chi connectivity index (χ3v) is 8.12. The molecule has 2 atom stereocenters. The van der Waals surface area contributed by atoms with Crippen molar-refractivity contribution in [2.75, 3.05) is 52.5 Å². The number of hydrogen-bond acceptors (Lipinski definition) is 4. The molecule has 0 aromatic heterocycles. The lowest BCUT2D eigenvalue weighted by Crippen LogP contribution is -2.27. The van der Waals surface area contributed by atoms with Crippen molar-refractivity contribution in [2.24, 2.45) is 11.8 Å². The molecule has 0 spiro atoms. The Bertz CT molecular complexity index is 964. The zero-order chi connectivity index (χ0) is 30.9. The molecule has 0 N–H and O–H groups in total. The Morgan fingerprint density at radius 3 is 1.21 bits per heavy atom. The van der Waals surface area contributed by atoms with Gasteiger partial charge in [0.15, 0.2) is 0 Å². The first-order chi connectivity index (χ1) is 19.7. The van der Waals surface area contributed by atoms with Crippen LogP contribution >= 0.6 is 0 Å². The summed E-state index contributed by atoms with van der Waals surface area (Å²) >= 11 is 0. The van der Waals surface area contributed by atoms with Crippen molar-refractivity contribution < 1.29 is 27.0 Å². The van der Waals surface area contributed by atoms with Gasteiger partial charge in [0.25, 0.3) is 0 Å². The van der Waals surface area contributed by atoms with Crippen molar-refractivity contribution in [3.8, 4) is 11.5 Å². The van der Waals surface area contributed by atoms with E-state index in [0.29, 0.717) is 52.2 Å². The fourth-order valence-electron chi connectivity index (χ4n) is 5.23. The molecule has 2 aliphatic heterocycles. The average molecular weight is 595 g/mol. The van der Waals surface area contributed by atoms with E-state index in [0.717, 1.165) is 24.6 Å². The van der Waals surface area contributed by atoms with Crippen LogP contribution in [0, 0.1) is 11.8 Å². The van der Waals surface area contributed by atoms with Crippen LogP contribution in [0.2, 0.25) is 0 Å². The number of ether oxygens (including phenoxy) is 2. The van der Waals surface area contributed by atoms with E-state index in [1.807, 2.05) is 24.3 Å². The van der Waals surface area contributed by atoms with Crippen LogP contribution in [0.5, 0.6) is 11.5 Å². The van der Waals surface area contributed by atoms with Crippen LogP contribution in [0.15, 0.2) is 48.5 Å². The van der Waals surface area contributed by atoms with Gasteiger partial charge in [-0.3, -0.25) is 9.80 Å². The molecule has 0 aliphatic carbocycles. The number of benzene rings is 2. The smallest absolute Gasteiger partial charge is 0.242 e. The number of halogens is 4. The summed E-state index contributed by atoms with van der Waals surface area (Å²) in [5, 5.41) is 0. The summed E-state index contributed by atoms with van der Waals surface area (Å²) in [7, 11) is 0. The maximum Gasteiger partial charge on any atom is 0.242 e. The molecule has 4 rings (SSSR count). The van der Waals surface area contributed by atoms with Gasteiger partial charge in [0.2, 0.25) is 12.9 Å². The van der Waals surface area contributed by atoms with Gasteiger partial charge in [0.1, 0.15) is 24.7 Å². The van der Waals surface area contributed by atoms with Crippen molar-refractivity contribution in [3.05, 3.63) is 59.7 Å². The zero-order valence-electron chi connectivity index (χ0n) is 26.2. The fraction of sp³-hybridized carbons (Fsp3) is 0.647. The van der Waals surface area contributed by atoms with E-state index in [4.69, 9.17) is 9.47 Å². The lowest BCUT2D eigenvalue weighted by Gasteiger charge is -2.19. The summed E-state index contributed by atoms with van der Waals surface area (Å²) in [6.07, 6.45) is -3.20. The van der Waals surface area contributed by atoms with E-state index < -0.39 is 24.7 Å². The number of alkyl halides is 4. The Hall–Kier alpha value is -2.32. The summed E-state index contributed by atoms with van der Waals surface area (Å²) in [4.78, 5) is 4.11. The highest BCUT2D eigenvalue weighted by Gasteiger charge is 2.30. The van der Waals surface area contributed by atoms with Gasteiger partial charge in [-0.2, -0.15) is 0 Å². The highest BCUT2D eigenvalue weighted by Crippen LogP contribution is 2.26. The lowest BCUT2D eigenvalue weighted by atomic mass is 9.87. The van der Waals surface area contributed by atoms with Crippen LogP contribution in [0.1, 0.15) is 65.5 Å².